The zero-order valence-corrected chi connectivity index (χ0v) is 12.2. The summed E-state index contributed by atoms with van der Waals surface area (Å²) in [6.07, 6.45) is 5.88. The second-order valence-electron chi connectivity index (χ2n) is 6.10. The Hall–Kier alpha value is -0.940. The molecule has 1 unspecified atom stereocenters. The van der Waals surface area contributed by atoms with Crippen LogP contribution in [0.15, 0.2) is 4.52 Å². The third-order valence-electron chi connectivity index (χ3n) is 3.93. The fourth-order valence-electron chi connectivity index (χ4n) is 3.19. The molecule has 0 radical (unpaired) electrons. The molecule has 1 aromatic heterocycles. The number of rotatable bonds is 6. The third-order valence-corrected chi connectivity index (χ3v) is 3.93. The predicted molar refractivity (Wildman–Crippen MR) is 72.7 cm³/mol. The van der Waals surface area contributed by atoms with Crippen molar-refractivity contribution in [3.8, 4) is 0 Å². The molecule has 1 aromatic rings. The summed E-state index contributed by atoms with van der Waals surface area (Å²) in [6, 6.07) is -0.306. The van der Waals surface area contributed by atoms with E-state index >= 15 is 0 Å². The molecule has 1 aliphatic rings. The van der Waals surface area contributed by atoms with E-state index in [4.69, 9.17) is 15.0 Å². The number of aromatic nitrogens is 2. The van der Waals surface area contributed by atoms with Crippen LogP contribution in [0.3, 0.4) is 0 Å². The topological polar surface area (TPSA) is 74.2 Å². The van der Waals surface area contributed by atoms with E-state index in [1.807, 2.05) is 0 Å². The van der Waals surface area contributed by atoms with Gasteiger partial charge in [-0.05, 0) is 25.2 Å². The first-order valence-corrected chi connectivity index (χ1v) is 7.16. The van der Waals surface area contributed by atoms with Gasteiger partial charge in [-0.25, -0.2) is 0 Å². The second-order valence-corrected chi connectivity index (χ2v) is 6.10. The summed E-state index contributed by atoms with van der Waals surface area (Å²) < 4.78 is 10.6. The van der Waals surface area contributed by atoms with Gasteiger partial charge in [0.05, 0.1) is 12.6 Å². The summed E-state index contributed by atoms with van der Waals surface area (Å²) in [4.78, 5) is 4.55. The lowest BCUT2D eigenvalue weighted by Crippen LogP contribution is -2.25. The molecule has 0 bridgehead atoms. The molecule has 5 nitrogen and oxygen atoms in total. The molecule has 0 spiro atoms. The molecule has 1 saturated carbocycles. The second kappa shape index (κ2) is 6.01. The number of hydrogen-bond donors (Lipinski definition) is 1. The summed E-state index contributed by atoms with van der Waals surface area (Å²) in [6.45, 7) is 4.90. The van der Waals surface area contributed by atoms with E-state index in [0.29, 0.717) is 18.3 Å². The molecular formula is C14H25N3O2. The van der Waals surface area contributed by atoms with E-state index in [0.717, 1.165) is 25.2 Å². The highest BCUT2D eigenvalue weighted by molar-refractivity contribution is 5.09. The smallest absolute Gasteiger partial charge is 0.232 e. The molecule has 1 atom stereocenters. The van der Waals surface area contributed by atoms with Crippen LogP contribution in [0, 0.1) is 5.92 Å². The molecular weight excluding hydrogens is 242 g/mol. The zero-order valence-electron chi connectivity index (χ0n) is 12.2. The Bertz CT molecular complexity index is 397. The average molecular weight is 267 g/mol. The van der Waals surface area contributed by atoms with Crippen LogP contribution in [-0.4, -0.2) is 23.9 Å². The van der Waals surface area contributed by atoms with Crippen LogP contribution in [0.4, 0.5) is 0 Å². The molecule has 19 heavy (non-hydrogen) atoms. The van der Waals surface area contributed by atoms with Crippen LogP contribution in [0.2, 0.25) is 0 Å². The van der Waals surface area contributed by atoms with Crippen LogP contribution in [0.25, 0.3) is 0 Å². The van der Waals surface area contributed by atoms with Crippen LogP contribution in [0.1, 0.15) is 63.7 Å². The standard InChI is InChI=1S/C14H25N3O2/c1-10(2)8-14(6-4-5-7-14)13-16-12(17-19-13)11(15)9-18-3/h10-11H,4-9,15H2,1-3H3. The van der Waals surface area contributed by atoms with Gasteiger partial charge in [0.2, 0.25) is 5.89 Å². The van der Waals surface area contributed by atoms with Crippen LogP contribution < -0.4 is 5.73 Å². The number of hydrogen-bond acceptors (Lipinski definition) is 5. The molecule has 1 heterocycles. The maximum atomic E-state index is 5.95. The highest BCUT2D eigenvalue weighted by atomic mass is 16.5. The molecule has 2 N–H and O–H groups in total. The SMILES string of the molecule is COCC(N)c1noc(C2(CC(C)C)CCCC2)n1. The van der Waals surface area contributed by atoms with Crippen molar-refractivity contribution in [1.29, 1.82) is 0 Å². The van der Waals surface area contributed by atoms with Crippen LogP contribution in [-0.2, 0) is 10.2 Å². The predicted octanol–water partition coefficient (Wildman–Crippen LogP) is 2.57. The summed E-state index contributed by atoms with van der Waals surface area (Å²) >= 11 is 0. The number of nitrogens with two attached hydrogens (primary N) is 1. The molecule has 5 heteroatoms. The molecule has 2 rings (SSSR count). The van der Waals surface area contributed by atoms with Gasteiger partial charge in [0.1, 0.15) is 0 Å². The first-order chi connectivity index (χ1) is 9.07. The lowest BCUT2D eigenvalue weighted by atomic mass is 9.78. The van der Waals surface area contributed by atoms with Crippen molar-refractivity contribution in [1.82, 2.24) is 10.1 Å². The van der Waals surface area contributed by atoms with Crippen molar-refractivity contribution in [3.05, 3.63) is 11.7 Å². The zero-order chi connectivity index (χ0) is 13.9. The Morgan fingerprint density at radius 3 is 2.63 bits per heavy atom. The van der Waals surface area contributed by atoms with E-state index in [1.165, 1.54) is 12.8 Å². The Labute approximate surface area is 114 Å². The number of ether oxygens (including phenoxy) is 1. The lowest BCUT2D eigenvalue weighted by Gasteiger charge is -2.26. The fourth-order valence-corrected chi connectivity index (χ4v) is 3.19. The molecule has 0 amide bonds. The third kappa shape index (κ3) is 3.15. The summed E-state index contributed by atoms with van der Waals surface area (Å²) in [7, 11) is 1.62. The van der Waals surface area contributed by atoms with Gasteiger partial charge in [0, 0.05) is 12.5 Å². The van der Waals surface area contributed by atoms with Gasteiger partial charge in [-0.1, -0.05) is 31.8 Å². The van der Waals surface area contributed by atoms with Crippen molar-refractivity contribution in [2.45, 2.75) is 57.4 Å². The quantitative estimate of drug-likeness (QED) is 0.857. The first kappa shape index (κ1) is 14.5. The van der Waals surface area contributed by atoms with E-state index in [9.17, 15) is 0 Å². The number of nitrogens with zero attached hydrogens (tertiary/aromatic N) is 2. The summed E-state index contributed by atoms with van der Waals surface area (Å²) in [5.74, 6) is 1.97. The van der Waals surface area contributed by atoms with Crippen LogP contribution >= 0.6 is 0 Å². The maximum Gasteiger partial charge on any atom is 0.232 e. The minimum absolute atomic E-state index is 0.0756. The molecule has 0 aromatic carbocycles. The van der Waals surface area contributed by atoms with Gasteiger partial charge in [-0.3, -0.25) is 0 Å². The van der Waals surface area contributed by atoms with Gasteiger partial charge < -0.3 is 15.0 Å². The van der Waals surface area contributed by atoms with E-state index in [-0.39, 0.29) is 11.5 Å². The Morgan fingerprint density at radius 2 is 2.05 bits per heavy atom. The Morgan fingerprint density at radius 1 is 1.37 bits per heavy atom. The normalized spacial score (nSPS) is 20.1. The summed E-state index contributed by atoms with van der Waals surface area (Å²) in [5, 5.41) is 4.04. The van der Waals surface area contributed by atoms with Gasteiger partial charge in [-0.15, -0.1) is 0 Å². The average Bonchev–Trinajstić information content (AvgIpc) is 2.97. The fraction of sp³-hybridized carbons (Fsp3) is 0.857. The van der Waals surface area contributed by atoms with Crippen molar-refractivity contribution in [2.24, 2.45) is 11.7 Å². The Balaban J connectivity index is 2.18. The first-order valence-electron chi connectivity index (χ1n) is 7.16. The van der Waals surface area contributed by atoms with E-state index in [2.05, 4.69) is 24.0 Å². The molecule has 1 fully saturated rings. The minimum atomic E-state index is -0.306. The van der Waals surface area contributed by atoms with Crippen LogP contribution in [0.5, 0.6) is 0 Å². The minimum Gasteiger partial charge on any atom is -0.383 e. The van der Waals surface area contributed by atoms with Gasteiger partial charge in [-0.2, -0.15) is 4.98 Å². The lowest BCUT2D eigenvalue weighted by molar-refractivity contribution is 0.176. The molecule has 0 aliphatic heterocycles. The van der Waals surface area contributed by atoms with Gasteiger partial charge >= 0.3 is 0 Å². The maximum absolute atomic E-state index is 5.95. The monoisotopic (exact) mass is 267 g/mol. The largest absolute Gasteiger partial charge is 0.383 e. The van der Waals surface area contributed by atoms with E-state index in [1.54, 1.807) is 7.11 Å². The van der Waals surface area contributed by atoms with Crippen molar-refractivity contribution in [3.63, 3.8) is 0 Å². The van der Waals surface area contributed by atoms with Gasteiger partial charge in [0.15, 0.2) is 5.82 Å². The Kier molecular flexibility index (Phi) is 4.58. The van der Waals surface area contributed by atoms with E-state index < -0.39 is 0 Å². The molecule has 1 aliphatic carbocycles. The highest BCUT2D eigenvalue weighted by Gasteiger charge is 2.41. The summed E-state index contributed by atoms with van der Waals surface area (Å²) in [5.41, 5.74) is 6.03. The highest BCUT2D eigenvalue weighted by Crippen LogP contribution is 2.44. The van der Waals surface area contributed by atoms with Gasteiger partial charge in [0.25, 0.3) is 0 Å². The molecule has 108 valence electrons. The number of methoxy groups -OCH3 is 1. The van der Waals surface area contributed by atoms with Crippen molar-refractivity contribution < 1.29 is 9.26 Å². The molecule has 0 saturated heterocycles. The van der Waals surface area contributed by atoms with Crippen molar-refractivity contribution >= 4 is 0 Å². The van der Waals surface area contributed by atoms with Crippen molar-refractivity contribution in [2.75, 3.05) is 13.7 Å².